The molecule has 74 valence electrons. The van der Waals surface area contributed by atoms with Crippen LogP contribution in [0.5, 0.6) is 0 Å². The minimum Gasteiger partial charge on any atom is -0.391 e. The van der Waals surface area contributed by atoms with E-state index in [9.17, 15) is 0 Å². The fourth-order valence-electron chi connectivity index (χ4n) is 1.37. The van der Waals surface area contributed by atoms with Crippen LogP contribution in [0.25, 0.3) is 10.1 Å². The lowest BCUT2D eigenvalue weighted by molar-refractivity contribution is 0.283. The Bertz CT molecular complexity index is 464. The maximum atomic E-state index is 9.08. The number of rotatable bonds is 2. The van der Waals surface area contributed by atoms with Crippen molar-refractivity contribution in [3.8, 4) is 0 Å². The lowest BCUT2D eigenvalue weighted by Gasteiger charge is -1.95. The van der Waals surface area contributed by atoms with E-state index >= 15 is 0 Å². The van der Waals surface area contributed by atoms with Crippen molar-refractivity contribution in [2.75, 3.05) is 0 Å². The summed E-state index contributed by atoms with van der Waals surface area (Å²) >= 11 is 11.7. The van der Waals surface area contributed by atoms with Crippen molar-refractivity contribution in [1.82, 2.24) is 0 Å². The summed E-state index contributed by atoms with van der Waals surface area (Å²) in [7, 11) is 0. The average molecular weight is 245 g/mol. The quantitative estimate of drug-likeness (QED) is 0.613. The molecule has 4 heteroatoms. The Hall–Kier alpha value is -0.220. The van der Waals surface area contributed by atoms with Crippen LogP contribution in [0.3, 0.4) is 0 Å². The van der Waals surface area contributed by atoms with Gasteiger partial charge in [-0.25, -0.2) is 0 Å². The lowest BCUT2D eigenvalue weighted by atomic mass is 10.2. The van der Waals surface area contributed by atoms with Crippen molar-refractivity contribution in [3.63, 3.8) is 0 Å². The van der Waals surface area contributed by atoms with Gasteiger partial charge in [0.05, 0.1) is 6.61 Å². The van der Waals surface area contributed by atoms with Crippen LogP contribution in [-0.4, -0.2) is 5.11 Å². The molecule has 0 saturated heterocycles. The summed E-state index contributed by atoms with van der Waals surface area (Å²) in [5, 5.41) is 10.2. The summed E-state index contributed by atoms with van der Waals surface area (Å²) in [6, 6.07) is 6.04. The molecule has 0 amide bonds. The van der Waals surface area contributed by atoms with E-state index in [0.717, 1.165) is 25.4 Å². The van der Waals surface area contributed by atoms with Gasteiger partial charge < -0.3 is 5.11 Å². The molecular weight excluding hydrogens is 236 g/mol. The summed E-state index contributed by atoms with van der Waals surface area (Å²) < 4.78 is 1.14. The third kappa shape index (κ3) is 1.65. The number of hydrogen-bond donors (Lipinski definition) is 2. The minimum absolute atomic E-state index is 0.0500. The number of aliphatic hydroxyl groups is 1. The van der Waals surface area contributed by atoms with Crippen molar-refractivity contribution < 1.29 is 5.11 Å². The van der Waals surface area contributed by atoms with E-state index in [0.29, 0.717) is 5.88 Å². The molecule has 1 N–H and O–H groups in total. The van der Waals surface area contributed by atoms with Crippen LogP contribution in [0.4, 0.5) is 0 Å². The Balaban J connectivity index is 2.66. The first-order chi connectivity index (χ1) is 6.76. The third-order valence-electron chi connectivity index (χ3n) is 2.10. The molecule has 1 nitrogen and oxygen atoms in total. The standard InChI is InChI=1S/C10H9ClOS2/c11-4-6-1-2-7-8(3-6)14-9(5-12)10(7)13/h1-3,12-13H,4-5H2. The van der Waals surface area contributed by atoms with Gasteiger partial charge in [-0.15, -0.1) is 35.6 Å². The second-order valence-electron chi connectivity index (χ2n) is 3.00. The Labute approximate surface area is 96.7 Å². The first kappa shape index (κ1) is 10.3. The van der Waals surface area contributed by atoms with E-state index in [2.05, 4.69) is 12.6 Å². The molecule has 0 unspecified atom stereocenters. The molecule has 0 aliphatic heterocycles. The lowest BCUT2D eigenvalue weighted by Crippen LogP contribution is -1.76. The number of fused-ring (bicyclic) bond motifs is 1. The van der Waals surface area contributed by atoms with Gasteiger partial charge in [0, 0.05) is 25.7 Å². The number of thiophene rings is 1. The number of alkyl halides is 1. The van der Waals surface area contributed by atoms with Gasteiger partial charge in [-0.3, -0.25) is 0 Å². The van der Waals surface area contributed by atoms with Gasteiger partial charge >= 0.3 is 0 Å². The van der Waals surface area contributed by atoms with Gasteiger partial charge in [-0.1, -0.05) is 12.1 Å². The smallest absolute Gasteiger partial charge is 0.0786 e. The molecule has 0 bridgehead atoms. The van der Waals surface area contributed by atoms with Gasteiger partial charge in [0.1, 0.15) is 0 Å². The largest absolute Gasteiger partial charge is 0.391 e. The SMILES string of the molecule is OCc1sc2cc(CCl)ccc2c1S. The monoisotopic (exact) mass is 244 g/mol. The maximum absolute atomic E-state index is 9.08. The molecule has 1 heterocycles. The molecule has 0 atom stereocenters. The van der Waals surface area contributed by atoms with Crippen molar-refractivity contribution in [3.05, 3.63) is 28.6 Å². The van der Waals surface area contributed by atoms with E-state index in [1.807, 2.05) is 18.2 Å². The van der Waals surface area contributed by atoms with Crippen molar-refractivity contribution in [2.45, 2.75) is 17.4 Å². The molecule has 0 aliphatic rings. The van der Waals surface area contributed by atoms with Gasteiger partial charge in [0.15, 0.2) is 0 Å². The van der Waals surface area contributed by atoms with E-state index in [4.69, 9.17) is 16.7 Å². The van der Waals surface area contributed by atoms with E-state index in [-0.39, 0.29) is 6.61 Å². The molecular formula is C10H9ClOS2. The van der Waals surface area contributed by atoms with Crippen LogP contribution >= 0.6 is 35.6 Å². The third-order valence-corrected chi connectivity index (χ3v) is 4.20. The van der Waals surface area contributed by atoms with E-state index in [1.54, 1.807) is 11.3 Å². The Morgan fingerprint density at radius 1 is 1.43 bits per heavy atom. The van der Waals surface area contributed by atoms with Crippen LogP contribution in [0, 0.1) is 0 Å². The topological polar surface area (TPSA) is 20.2 Å². The number of thiol groups is 1. The molecule has 0 spiro atoms. The predicted molar refractivity (Wildman–Crippen MR) is 64.6 cm³/mol. The number of aliphatic hydroxyl groups excluding tert-OH is 1. The van der Waals surface area contributed by atoms with Crippen LogP contribution in [0.1, 0.15) is 10.4 Å². The highest BCUT2D eigenvalue weighted by atomic mass is 35.5. The molecule has 0 radical (unpaired) electrons. The summed E-state index contributed by atoms with van der Waals surface area (Å²) in [6.07, 6.45) is 0. The zero-order valence-corrected chi connectivity index (χ0v) is 9.79. The summed E-state index contributed by atoms with van der Waals surface area (Å²) in [5.74, 6) is 0.518. The van der Waals surface area contributed by atoms with Crippen molar-refractivity contribution >= 4 is 45.7 Å². The summed E-state index contributed by atoms with van der Waals surface area (Å²) in [6.45, 7) is 0.0500. The van der Waals surface area contributed by atoms with Gasteiger partial charge in [0.2, 0.25) is 0 Å². The fraction of sp³-hybridized carbons (Fsp3) is 0.200. The van der Waals surface area contributed by atoms with Crippen LogP contribution in [0.15, 0.2) is 23.1 Å². The number of benzene rings is 1. The van der Waals surface area contributed by atoms with Crippen molar-refractivity contribution in [2.24, 2.45) is 0 Å². The Kier molecular flexibility index (Phi) is 3.02. The Morgan fingerprint density at radius 2 is 2.21 bits per heavy atom. The van der Waals surface area contributed by atoms with E-state index < -0.39 is 0 Å². The molecule has 1 aromatic carbocycles. The highest BCUT2D eigenvalue weighted by Crippen LogP contribution is 2.34. The molecule has 0 aliphatic carbocycles. The first-order valence-electron chi connectivity index (χ1n) is 4.16. The van der Waals surface area contributed by atoms with Crippen molar-refractivity contribution in [1.29, 1.82) is 0 Å². The highest BCUT2D eigenvalue weighted by Gasteiger charge is 2.08. The summed E-state index contributed by atoms with van der Waals surface area (Å²) in [4.78, 5) is 1.80. The van der Waals surface area contributed by atoms with Gasteiger partial charge in [-0.05, 0) is 11.6 Å². The molecule has 1 aromatic heterocycles. The molecule has 0 fully saturated rings. The normalized spacial score (nSPS) is 11.1. The minimum atomic E-state index is 0.0500. The second kappa shape index (κ2) is 4.11. The zero-order chi connectivity index (χ0) is 10.1. The fourth-order valence-corrected chi connectivity index (χ4v) is 3.04. The molecule has 14 heavy (non-hydrogen) atoms. The Morgan fingerprint density at radius 3 is 2.86 bits per heavy atom. The predicted octanol–water partition coefficient (Wildman–Crippen LogP) is 3.42. The summed E-state index contributed by atoms with van der Waals surface area (Å²) in [5.41, 5.74) is 1.10. The van der Waals surface area contributed by atoms with Crippen LogP contribution in [0.2, 0.25) is 0 Å². The first-order valence-corrected chi connectivity index (χ1v) is 5.96. The second-order valence-corrected chi connectivity index (χ2v) is 4.85. The zero-order valence-electron chi connectivity index (χ0n) is 7.33. The average Bonchev–Trinajstić information content (AvgIpc) is 2.55. The van der Waals surface area contributed by atoms with Crippen LogP contribution in [-0.2, 0) is 12.5 Å². The number of halogens is 1. The highest BCUT2D eigenvalue weighted by molar-refractivity contribution is 7.80. The van der Waals surface area contributed by atoms with Crippen LogP contribution < -0.4 is 0 Å². The molecule has 2 rings (SSSR count). The van der Waals surface area contributed by atoms with Gasteiger partial charge in [0.25, 0.3) is 0 Å². The maximum Gasteiger partial charge on any atom is 0.0786 e. The number of hydrogen-bond acceptors (Lipinski definition) is 3. The molecule has 0 saturated carbocycles. The van der Waals surface area contributed by atoms with Gasteiger partial charge in [-0.2, -0.15) is 0 Å². The molecule has 2 aromatic rings. The van der Waals surface area contributed by atoms with E-state index in [1.165, 1.54) is 0 Å².